The van der Waals surface area contributed by atoms with Gasteiger partial charge in [-0.1, -0.05) is 58.3 Å². The van der Waals surface area contributed by atoms with Gasteiger partial charge in [-0.2, -0.15) is 5.10 Å². The Morgan fingerprint density at radius 2 is 1.71 bits per heavy atom. The zero-order valence-corrected chi connectivity index (χ0v) is 14.3. The maximum Gasteiger partial charge on any atom is 0.212 e. The fraction of sp³-hybridized carbons (Fsp3) is 0.143. The third-order valence-corrected chi connectivity index (χ3v) is 5.11. The number of hydrogen-bond donors (Lipinski definition) is 0. The van der Waals surface area contributed by atoms with Crippen LogP contribution in [0, 0.1) is 13.8 Å². The zero-order chi connectivity index (χ0) is 15.1. The van der Waals surface area contributed by atoms with Gasteiger partial charge in [0.15, 0.2) is 0 Å². The molecule has 0 amide bonds. The van der Waals surface area contributed by atoms with Crippen molar-refractivity contribution in [1.82, 2.24) is 14.8 Å². The monoisotopic (exact) mass is 357 g/mol. The minimum Gasteiger partial charge on any atom is -0.217 e. The van der Waals surface area contributed by atoms with Crippen LogP contribution in [-0.2, 0) is 0 Å². The summed E-state index contributed by atoms with van der Waals surface area (Å²) in [4.78, 5) is 4.58. The molecular formula is C14H10Cl3N3S. The summed E-state index contributed by atoms with van der Waals surface area (Å²) in [5.41, 5.74) is 3.26. The average molecular weight is 359 g/mol. The van der Waals surface area contributed by atoms with Crippen molar-refractivity contribution in [3.8, 4) is 16.4 Å². The van der Waals surface area contributed by atoms with Crippen molar-refractivity contribution < 1.29 is 0 Å². The summed E-state index contributed by atoms with van der Waals surface area (Å²) in [6.07, 6.45) is 0. The van der Waals surface area contributed by atoms with E-state index in [0.29, 0.717) is 19.5 Å². The lowest BCUT2D eigenvalue weighted by Gasteiger charge is -1.99. The third-order valence-electron chi connectivity index (χ3n) is 3.08. The molecular weight excluding hydrogens is 349 g/mol. The molecule has 0 unspecified atom stereocenters. The molecule has 3 nitrogen and oxygen atoms in total. The van der Waals surface area contributed by atoms with Gasteiger partial charge in [0, 0.05) is 10.6 Å². The highest BCUT2D eigenvalue weighted by Crippen LogP contribution is 2.35. The first-order chi connectivity index (χ1) is 9.97. The molecule has 0 N–H and O–H groups in total. The van der Waals surface area contributed by atoms with Gasteiger partial charge in [0.25, 0.3) is 0 Å². The highest BCUT2D eigenvalue weighted by Gasteiger charge is 2.17. The van der Waals surface area contributed by atoms with Gasteiger partial charge >= 0.3 is 0 Å². The Labute approximate surface area is 141 Å². The molecule has 0 aliphatic heterocycles. The highest BCUT2D eigenvalue weighted by molar-refractivity contribution is 7.18. The number of nitrogens with zero attached hydrogens (tertiary/aromatic N) is 3. The number of aryl methyl sites for hydroxylation is 1. The molecule has 0 fully saturated rings. The lowest BCUT2D eigenvalue weighted by atomic mass is 10.2. The van der Waals surface area contributed by atoms with Gasteiger partial charge in [0.1, 0.15) is 10.0 Å². The summed E-state index contributed by atoms with van der Waals surface area (Å²) in [6, 6.07) is 7.40. The van der Waals surface area contributed by atoms with Gasteiger partial charge in [-0.15, -0.1) is 0 Å². The first-order valence-corrected chi connectivity index (χ1v) is 8.06. The molecule has 0 saturated heterocycles. The molecule has 2 aromatic heterocycles. The number of benzene rings is 1. The van der Waals surface area contributed by atoms with E-state index in [1.807, 2.05) is 38.1 Å². The summed E-state index contributed by atoms with van der Waals surface area (Å²) < 4.78 is 2.32. The number of thiazole rings is 1. The van der Waals surface area contributed by atoms with Crippen LogP contribution >= 0.6 is 46.1 Å². The zero-order valence-electron chi connectivity index (χ0n) is 11.2. The molecule has 3 rings (SSSR count). The fourth-order valence-corrected chi connectivity index (χ4v) is 3.40. The van der Waals surface area contributed by atoms with Crippen LogP contribution in [0.25, 0.3) is 16.4 Å². The summed E-state index contributed by atoms with van der Waals surface area (Å²) >= 11 is 19.8. The van der Waals surface area contributed by atoms with Crippen LogP contribution < -0.4 is 0 Å². The van der Waals surface area contributed by atoms with Crippen LogP contribution in [-0.4, -0.2) is 14.8 Å². The molecule has 3 aromatic rings. The molecule has 108 valence electrons. The number of rotatable bonds is 2. The van der Waals surface area contributed by atoms with Gasteiger partial charge < -0.3 is 0 Å². The van der Waals surface area contributed by atoms with E-state index in [-0.39, 0.29) is 0 Å². The third kappa shape index (κ3) is 2.69. The molecule has 21 heavy (non-hydrogen) atoms. The molecule has 0 saturated carbocycles. The fourth-order valence-electron chi connectivity index (χ4n) is 1.98. The minimum absolute atomic E-state index is 0.607. The Kier molecular flexibility index (Phi) is 3.97. The summed E-state index contributed by atoms with van der Waals surface area (Å²) in [6.45, 7) is 3.76. The average Bonchev–Trinajstić information content (AvgIpc) is 2.96. The van der Waals surface area contributed by atoms with Crippen molar-refractivity contribution in [2.24, 2.45) is 0 Å². The van der Waals surface area contributed by atoms with Crippen molar-refractivity contribution in [1.29, 1.82) is 0 Å². The summed E-state index contributed by atoms with van der Waals surface area (Å²) in [7, 11) is 0. The standard InChI is InChI=1S/C14H10Cl3N3S/c1-7-11(16)8(2)20(19-7)14-18-12(13(17)21-14)9-3-5-10(15)6-4-9/h3-6H,1-2H3. The Morgan fingerprint density at radius 3 is 2.29 bits per heavy atom. The molecule has 2 heterocycles. The SMILES string of the molecule is Cc1nn(-c2nc(-c3ccc(Cl)cc3)c(Cl)s2)c(C)c1Cl. The lowest BCUT2D eigenvalue weighted by molar-refractivity contribution is 0.826. The first-order valence-electron chi connectivity index (χ1n) is 6.11. The van der Waals surface area contributed by atoms with Gasteiger partial charge in [0.2, 0.25) is 5.13 Å². The molecule has 0 radical (unpaired) electrons. The van der Waals surface area contributed by atoms with Crippen LogP contribution in [0.1, 0.15) is 11.4 Å². The highest BCUT2D eigenvalue weighted by atomic mass is 35.5. The van der Waals surface area contributed by atoms with E-state index in [9.17, 15) is 0 Å². The van der Waals surface area contributed by atoms with Gasteiger partial charge in [0.05, 0.1) is 16.4 Å². The normalized spacial score (nSPS) is 11.1. The number of halogens is 3. The van der Waals surface area contributed by atoms with Crippen LogP contribution in [0.4, 0.5) is 0 Å². The Balaban J connectivity index is 2.09. The minimum atomic E-state index is 0.607. The van der Waals surface area contributed by atoms with Crippen LogP contribution in [0.5, 0.6) is 0 Å². The second-order valence-corrected chi connectivity index (χ2v) is 6.92. The van der Waals surface area contributed by atoms with Crippen LogP contribution in [0.15, 0.2) is 24.3 Å². The molecule has 0 aliphatic rings. The quantitative estimate of drug-likeness (QED) is 0.599. The van der Waals surface area contributed by atoms with E-state index in [0.717, 1.165) is 22.6 Å². The van der Waals surface area contributed by atoms with Gasteiger partial charge in [-0.25, -0.2) is 9.67 Å². The molecule has 0 bridgehead atoms. The van der Waals surface area contributed by atoms with E-state index in [2.05, 4.69) is 10.1 Å². The molecule has 0 atom stereocenters. The van der Waals surface area contributed by atoms with Crippen molar-refractivity contribution in [2.45, 2.75) is 13.8 Å². The van der Waals surface area contributed by atoms with E-state index in [4.69, 9.17) is 34.8 Å². The predicted octanol–water partition coefficient (Wildman–Crippen LogP) is 5.57. The van der Waals surface area contributed by atoms with Crippen molar-refractivity contribution >= 4 is 46.1 Å². The Morgan fingerprint density at radius 1 is 1.05 bits per heavy atom. The second-order valence-electron chi connectivity index (χ2n) is 4.52. The van der Waals surface area contributed by atoms with Crippen LogP contribution in [0.2, 0.25) is 14.4 Å². The molecule has 0 spiro atoms. The van der Waals surface area contributed by atoms with Gasteiger partial charge in [-0.05, 0) is 26.0 Å². The lowest BCUT2D eigenvalue weighted by Crippen LogP contribution is -1.98. The van der Waals surface area contributed by atoms with E-state index < -0.39 is 0 Å². The molecule has 0 aliphatic carbocycles. The van der Waals surface area contributed by atoms with E-state index in [1.54, 1.807) is 4.68 Å². The van der Waals surface area contributed by atoms with Crippen molar-refractivity contribution in [3.05, 3.63) is 50.0 Å². The predicted molar refractivity (Wildman–Crippen MR) is 89.2 cm³/mol. The maximum atomic E-state index is 6.32. The first kappa shape index (κ1) is 14.9. The van der Waals surface area contributed by atoms with Crippen molar-refractivity contribution in [3.63, 3.8) is 0 Å². The van der Waals surface area contributed by atoms with Crippen LogP contribution in [0.3, 0.4) is 0 Å². The number of hydrogen-bond acceptors (Lipinski definition) is 3. The smallest absolute Gasteiger partial charge is 0.212 e. The van der Waals surface area contributed by atoms with Gasteiger partial charge in [-0.3, -0.25) is 0 Å². The van der Waals surface area contributed by atoms with E-state index >= 15 is 0 Å². The second kappa shape index (κ2) is 5.61. The Hall–Kier alpha value is -1.07. The van der Waals surface area contributed by atoms with E-state index in [1.165, 1.54) is 11.3 Å². The van der Waals surface area contributed by atoms with Crippen molar-refractivity contribution in [2.75, 3.05) is 0 Å². The number of aromatic nitrogens is 3. The molecule has 1 aromatic carbocycles. The molecule has 7 heteroatoms. The largest absolute Gasteiger partial charge is 0.217 e. The summed E-state index contributed by atoms with van der Waals surface area (Å²) in [5, 5.41) is 6.41. The maximum absolute atomic E-state index is 6.32. The Bertz CT molecular complexity index is 806. The topological polar surface area (TPSA) is 30.7 Å². The summed E-state index contributed by atoms with van der Waals surface area (Å²) in [5.74, 6) is 0.